The average molecular weight is 469 g/mol. The largest absolute Gasteiger partial charge is 0.345 e. The number of aryl methyl sites for hydroxylation is 2. The first-order valence-corrected chi connectivity index (χ1v) is 13.2. The molecule has 4 rings (SSSR count). The van der Waals surface area contributed by atoms with Crippen LogP contribution >= 0.6 is 0 Å². The molecule has 1 fully saturated rings. The van der Waals surface area contributed by atoms with Gasteiger partial charge < -0.3 is 9.36 Å². The van der Waals surface area contributed by atoms with Gasteiger partial charge in [0.25, 0.3) is 0 Å². The van der Waals surface area contributed by atoms with Crippen LogP contribution in [0.1, 0.15) is 82.4 Å². The topological polar surface area (TPSA) is 34.9 Å². The Labute approximate surface area is 211 Å². The fourth-order valence-electron chi connectivity index (χ4n) is 5.76. The Balaban J connectivity index is 1.82. The zero-order valence-corrected chi connectivity index (χ0v) is 22.0. The molecule has 0 aliphatic heterocycles. The number of aromatic nitrogens is 2. The molecule has 3 heteroatoms. The van der Waals surface area contributed by atoms with E-state index in [-0.39, 0.29) is 0 Å². The zero-order chi connectivity index (χ0) is 24.9. The third-order valence-corrected chi connectivity index (χ3v) is 7.54. The minimum Gasteiger partial charge on any atom is -0.345 e. The minimum absolute atomic E-state index is 0.615. The van der Waals surface area contributed by atoms with Gasteiger partial charge in [-0.3, -0.25) is 4.98 Å². The van der Waals surface area contributed by atoms with Crippen LogP contribution in [0.25, 0.3) is 27.7 Å². The maximum Gasteiger partial charge on any atom is 0.120 e. The van der Waals surface area contributed by atoms with Gasteiger partial charge in [-0.15, -0.1) is 0 Å². The Hall–Kier alpha value is -2.94. The Bertz CT molecular complexity index is 1250. The van der Waals surface area contributed by atoms with Gasteiger partial charge in [0.1, 0.15) is 6.29 Å². The second kappa shape index (κ2) is 11.2. The highest BCUT2D eigenvalue weighted by Gasteiger charge is 2.19. The summed E-state index contributed by atoms with van der Waals surface area (Å²) in [6.07, 6.45) is 14.5. The van der Waals surface area contributed by atoms with Gasteiger partial charge in [0.15, 0.2) is 0 Å². The Morgan fingerprint density at radius 3 is 2.60 bits per heavy atom. The van der Waals surface area contributed by atoms with Gasteiger partial charge in [-0.05, 0) is 87.6 Å². The smallest absolute Gasteiger partial charge is 0.120 e. The van der Waals surface area contributed by atoms with E-state index in [4.69, 9.17) is 4.98 Å². The van der Waals surface area contributed by atoms with E-state index in [1.165, 1.54) is 71.0 Å². The highest BCUT2D eigenvalue weighted by Crippen LogP contribution is 2.35. The molecule has 0 saturated heterocycles. The van der Waals surface area contributed by atoms with E-state index in [1.807, 2.05) is 6.20 Å². The number of unbranched alkanes of at least 4 members (excludes halogenated alkanes) is 1. The number of benzene rings is 1. The standard InChI is InChI=1S/C32H40N2O/c1-22(2)31(23(3)4)28-18-30-32(33-19-28)29(21-34(30)20-25-11-7-6-8-12-25)27-15-14-24(5)26(17-27)13-9-10-16-35/h14-19,21,25H,1,6-13,20H2,2-5H3. The molecule has 184 valence electrons. The first kappa shape index (κ1) is 25.2. The third kappa shape index (κ3) is 5.66. The molecule has 0 unspecified atom stereocenters. The molecular formula is C32H40N2O. The second-order valence-electron chi connectivity index (χ2n) is 10.6. The number of carbonyl (C=O) groups excluding carboxylic acids is 1. The van der Waals surface area contributed by atoms with E-state index >= 15 is 0 Å². The van der Waals surface area contributed by atoms with Crippen LogP contribution in [0, 0.1) is 12.8 Å². The maximum atomic E-state index is 10.8. The molecule has 1 aromatic carbocycles. The number of aldehydes is 1. The summed E-state index contributed by atoms with van der Waals surface area (Å²) in [5, 5.41) is 0. The molecule has 0 spiro atoms. The summed E-state index contributed by atoms with van der Waals surface area (Å²) in [6.45, 7) is 13.8. The number of hydrogen-bond donors (Lipinski definition) is 0. The number of fused-ring (bicyclic) bond motifs is 1. The summed E-state index contributed by atoms with van der Waals surface area (Å²) >= 11 is 0. The molecule has 0 atom stereocenters. The summed E-state index contributed by atoms with van der Waals surface area (Å²) in [4.78, 5) is 15.9. The molecule has 1 aliphatic rings. The lowest BCUT2D eigenvalue weighted by atomic mass is 9.89. The molecule has 1 aliphatic carbocycles. The molecule has 1 saturated carbocycles. The molecule has 0 bridgehead atoms. The second-order valence-corrected chi connectivity index (χ2v) is 10.6. The van der Waals surface area contributed by atoms with E-state index in [2.05, 4.69) is 69.3 Å². The first-order valence-electron chi connectivity index (χ1n) is 13.2. The van der Waals surface area contributed by atoms with Crippen LogP contribution in [0.15, 0.2) is 54.4 Å². The Morgan fingerprint density at radius 2 is 1.91 bits per heavy atom. The fraction of sp³-hybridized carbons (Fsp3) is 0.438. The van der Waals surface area contributed by atoms with Crippen molar-refractivity contribution >= 4 is 22.9 Å². The summed E-state index contributed by atoms with van der Waals surface area (Å²) in [7, 11) is 0. The predicted molar refractivity (Wildman–Crippen MR) is 149 cm³/mol. The van der Waals surface area contributed by atoms with Crippen molar-refractivity contribution < 1.29 is 4.79 Å². The van der Waals surface area contributed by atoms with Gasteiger partial charge in [0.05, 0.1) is 11.0 Å². The highest BCUT2D eigenvalue weighted by atomic mass is 16.1. The molecule has 0 amide bonds. The number of hydrogen-bond acceptors (Lipinski definition) is 2. The molecule has 3 aromatic rings. The Morgan fingerprint density at radius 1 is 1.14 bits per heavy atom. The molecule has 0 radical (unpaired) electrons. The summed E-state index contributed by atoms with van der Waals surface area (Å²) in [5.41, 5.74) is 12.0. The maximum absolute atomic E-state index is 10.8. The fourth-order valence-corrected chi connectivity index (χ4v) is 5.76. The molecule has 35 heavy (non-hydrogen) atoms. The molecule has 0 N–H and O–H groups in total. The summed E-state index contributed by atoms with van der Waals surface area (Å²) in [5.74, 6) is 0.733. The third-order valence-electron chi connectivity index (χ3n) is 7.54. The van der Waals surface area contributed by atoms with Crippen LogP contribution in [-0.4, -0.2) is 15.8 Å². The molecular weight excluding hydrogens is 428 g/mol. The van der Waals surface area contributed by atoms with Crippen molar-refractivity contribution in [2.75, 3.05) is 0 Å². The van der Waals surface area contributed by atoms with Crippen molar-refractivity contribution in [1.29, 1.82) is 0 Å². The van der Waals surface area contributed by atoms with E-state index in [1.54, 1.807) is 0 Å². The normalized spacial score (nSPS) is 14.3. The van der Waals surface area contributed by atoms with Gasteiger partial charge in [0, 0.05) is 36.5 Å². The van der Waals surface area contributed by atoms with Gasteiger partial charge in [-0.25, -0.2) is 0 Å². The number of pyridine rings is 1. The monoisotopic (exact) mass is 468 g/mol. The molecule has 2 heterocycles. The van der Waals surface area contributed by atoms with Crippen LogP contribution in [-0.2, 0) is 17.8 Å². The van der Waals surface area contributed by atoms with Crippen molar-refractivity contribution in [3.8, 4) is 11.1 Å². The minimum atomic E-state index is 0.615. The van der Waals surface area contributed by atoms with Gasteiger partial charge in [-0.2, -0.15) is 0 Å². The van der Waals surface area contributed by atoms with Crippen LogP contribution in [0.2, 0.25) is 0 Å². The Kier molecular flexibility index (Phi) is 8.05. The van der Waals surface area contributed by atoms with E-state index in [9.17, 15) is 4.79 Å². The number of allylic oxidation sites excluding steroid dienone is 3. The van der Waals surface area contributed by atoms with Crippen molar-refractivity contribution in [2.45, 2.75) is 85.6 Å². The van der Waals surface area contributed by atoms with Crippen molar-refractivity contribution in [1.82, 2.24) is 9.55 Å². The number of rotatable bonds is 9. The van der Waals surface area contributed by atoms with Crippen LogP contribution in [0.4, 0.5) is 0 Å². The predicted octanol–water partition coefficient (Wildman–Crippen LogP) is 8.48. The number of carbonyl (C=O) groups is 1. The van der Waals surface area contributed by atoms with Crippen LogP contribution in [0.3, 0.4) is 0 Å². The SMILES string of the molecule is C=C(C)C(=C(C)C)c1cnc2c(-c3ccc(C)c(CCCC=O)c3)cn(CC3CCCCC3)c2c1. The van der Waals surface area contributed by atoms with Crippen LogP contribution < -0.4 is 0 Å². The quantitative estimate of drug-likeness (QED) is 0.179. The summed E-state index contributed by atoms with van der Waals surface area (Å²) < 4.78 is 2.46. The van der Waals surface area contributed by atoms with E-state index < -0.39 is 0 Å². The first-order chi connectivity index (χ1) is 16.9. The van der Waals surface area contributed by atoms with Crippen molar-refractivity contribution in [2.24, 2.45) is 5.92 Å². The molecule has 2 aromatic heterocycles. The van der Waals surface area contributed by atoms with Gasteiger partial charge >= 0.3 is 0 Å². The zero-order valence-electron chi connectivity index (χ0n) is 22.0. The van der Waals surface area contributed by atoms with Crippen LogP contribution in [0.5, 0.6) is 0 Å². The van der Waals surface area contributed by atoms with E-state index in [0.29, 0.717) is 6.42 Å². The van der Waals surface area contributed by atoms with Gasteiger partial charge in [0.2, 0.25) is 0 Å². The lowest BCUT2D eigenvalue weighted by molar-refractivity contribution is -0.107. The van der Waals surface area contributed by atoms with Crippen molar-refractivity contribution in [3.63, 3.8) is 0 Å². The lowest BCUT2D eigenvalue weighted by Crippen LogP contribution is -2.13. The number of nitrogens with zero attached hydrogens (tertiary/aromatic N) is 2. The summed E-state index contributed by atoms with van der Waals surface area (Å²) in [6, 6.07) is 9.08. The molecule has 3 nitrogen and oxygen atoms in total. The van der Waals surface area contributed by atoms with Gasteiger partial charge in [-0.1, -0.05) is 55.2 Å². The van der Waals surface area contributed by atoms with E-state index in [0.717, 1.165) is 48.2 Å². The highest BCUT2D eigenvalue weighted by molar-refractivity contribution is 5.95. The average Bonchev–Trinajstić information content (AvgIpc) is 3.18. The van der Waals surface area contributed by atoms with Crippen molar-refractivity contribution in [3.05, 3.63) is 71.1 Å². The lowest BCUT2D eigenvalue weighted by Gasteiger charge is -2.22.